The first-order valence-corrected chi connectivity index (χ1v) is 6.01. The molecule has 14 heavy (non-hydrogen) atoms. The zero-order valence-corrected chi connectivity index (χ0v) is 11.1. The fourth-order valence-electron chi connectivity index (χ4n) is 1.43. The molecule has 1 rings (SSSR count). The molecule has 0 spiro atoms. The SMILES string of the molecule is Cc1ccc(C(Br)CC(C)(C)C)cc1. The molecule has 0 bridgehead atoms. The molecule has 1 unspecified atom stereocenters. The van der Waals surface area contributed by atoms with Gasteiger partial charge in [0, 0.05) is 4.83 Å². The van der Waals surface area contributed by atoms with E-state index < -0.39 is 0 Å². The Morgan fingerprint density at radius 1 is 1.14 bits per heavy atom. The highest BCUT2D eigenvalue weighted by Crippen LogP contribution is 2.35. The van der Waals surface area contributed by atoms with E-state index in [-0.39, 0.29) is 0 Å². The third-order valence-corrected chi connectivity index (χ3v) is 3.08. The Kier molecular flexibility index (Phi) is 3.77. The molecule has 0 saturated carbocycles. The van der Waals surface area contributed by atoms with Crippen LogP contribution in [0.2, 0.25) is 0 Å². The van der Waals surface area contributed by atoms with Crippen LogP contribution in [-0.2, 0) is 0 Å². The predicted molar refractivity (Wildman–Crippen MR) is 66.9 cm³/mol. The Morgan fingerprint density at radius 2 is 1.64 bits per heavy atom. The lowest BCUT2D eigenvalue weighted by Gasteiger charge is -2.22. The molecular formula is C13H19Br. The fourth-order valence-corrected chi connectivity index (χ4v) is 2.71. The summed E-state index contributed by atoms with van der Waals surface area (Å²) in [4.78, 5) is 0.475. The van der Waals surface area contributed by atoms with Crippen molar-refractivity contribution in [2.75, 3.05) is 0 Å². The van der Waals surface area contributed by atoms with Crippen LogP contribution >= 0.6 is 15.9 Å². The van der Waals surface area contributed by atoms with Crippen LogP contribution in [0.15, 0.2) is 24.3 Å². The Labute approximate surface area is 95.9 Å². The number of benzene rings is 1. The fraction of sp³-hybridized carbons (Fsp3) is 0.538. The first-order valence-electron chi connectivity index (χ1n) is 5.09. The molecule has 0 aromatic heterocycles. The summed E-state index contributed by atoms with van der Waals surface area (Å²) in [5.74, 6) is 0. The van der Waals surface area contributed by atoms with E-state index in [2.05, 4.69) is 67.9 Å². The van der Waals surface area contributed by atoms with Crippen molar-refractivity contribution in [3.63, 3.8) is 0 Å². The third-order valence-electron chi connectivity index (χ3n) is 2.23. The van der Waals surface area contributed by atoms with Crippen LogP contribution in [0.4, 0.5) is 0 Å². The maximum absolute atomic E-state index is 3.75. The highest BCUT2D eigenvalue weighted by molar-refractivity contribution is 9.09. The first kappa shape index (κ1) is 11.8. The summed E-state index contributed by atoms with van der Waals surface area (Å²) in [5, 5.41) is 0. The van der Waals surface area contributed by atoms with Gasteiger partial charge in [0.25, 0.3) is 0 Å². The number of halogens is 1. The molecule has 0 aliphatic heterocycles. The van der Waals surface area contributed by atoms with E-state index in [1.807, 2.05) is 0 Å². The standard InChI is InChI=1S/C13H19Br/c1-10-5-7-11(8-6-10)12(14)9-13(2,3)4/h5-8,12H,9H2,1-4H3. The Bertz CT molecular complexity index is 279. The smallest absolute Gasteiger partial charge is 0.0400 e. The summed E-state index contributed by atoms with van der Waals surface area (Å²) in [6.45, 7) is 8.94. The molecule has 1 atom stereocenters. The highest BCUT2D eigenvalue weighted by Gasteiger charge is 2.17. The van der Waals surface area contributed by atoms with Gasteiger partial charge in [-0.3, -0.25) is 0 Å². The molecule has 0 fully saturated rings. The van der Waals surface area contributed by atoms with Crippen LogP contribution in [0.3, 0.4) is 0 Å². The van der Waals surface area contributed by atoms with Gasteiger partial charge in [-0.25, -0.2) is 0 Å². The minimum absolute atomic E-state index is 0.374. The van der Waals surface area contributed by atoms with Crippen molar-refractivity contribution in [1.29, 1.82) is 0 Å². The third kappa shape index (κ3) is 3.83. The molecule has 0 nitrogen and oxygen atoms in total. The van der Waals surface area contributed by atoms with Gasteiger partial charge in [-0.05, 0) is 24.3 Å². The van der Waals surface area contributed by atoms with E-state index in [9.17, 15) is 0 Å². The van der Waals surface area contributed by atoms with Crippen molar-refractivity contribution in [2.24, 2.45) is 5.41 Å². The van der Waals surface area contributed by atoms with Crippen LogP contribution in [0, 0.1) is 12.3 Å². The largest absolute Gasteiger partial charge is 0.0839 e. The highest BCUT2D eigenvalue weighted by atomic mass is 79.9. The summed E-state index contributed by atoms with van der Waals surface area (Å²) in [5.41, 5.74) is 3.08. The molecule has 1 aromatic carbocycles. The van der Waals surface area contributed by atoms with Crippen LogP contribution in [0.25, 0.3) is 0 Å². The second kappa shape index (κ2) is 4.48. The molecule has 1 aromatic rings. The zero-order valence-electron chi connectivity index (χ0n) is 9.47. The average molecular weight is 255 g/mol. The van der Waals surface area contributed by atoms with Gasteiger partial charge in [-0.15, -0.1) is 0 Å². The van der Waals surface area contributed by atoms with Crippen LogP contribution in [0.1, 0.15) is 43.1 Å². The number of hydrogen-bond donors (Lipinski definition) is 0. The van der Waals surface area contributed by atoms with Crippen LogP contribution in [0.5, 0.6) is 0 Å². The van der Waals surface area contributed by atoms with Crippen LogP contribution < -0.4 is 0 Å². The molecule has 0 radical (unpaired) electrons. The van der Waals surface area contributed by atoms with Crippen molar-refractivity contribution in [3.05, 3.63) is 35.4 Å². The molecule has 78 valence electrons. The van der Waals surface area contributed by atoms with E-state index in [1.54, 1.807) is 0 Å². The van der Waals surface area contributed by atoms with Gasteiger partial charge in [0.15, 0.2) is 0 Å². The van der Waals surface area contributed by atoms with Gasteiger partial charge in [0.2, 0.25) is 0 Å². The first-order chi connectivity index (χ1) is 6.38. The Balaban J connectivity index is 2.70. The van der Waals surface area contributed by atoms with Gasteiger partial charge in [0.1, 0.15) is 0 Å². The molecule has 0 amide bonds. The minimum Gasteiger partial charge on any atom is -0.0839 e. The molecule has 0 saturated heterocycles. The lowest BCUT2D eigenvalue weighted by molar-refractivity contribution is 0.377. The lowest BCUT2D eigenvalue weighted by Crippen LogP contribution is -2.08. The van der Waals surface area contributed by atoms with Crippen molar-refractivity contribution >= 4 is 15.9 Å². The van der Waals surface area contributed by atoms with Gasteiger partial charge < -0.3 is 0 Å². The van der Waals surface area contributed by atoms with Crippen molar-refractivity contribution < 1.29 is 0 Å². The lowest BCUT2D eigenvalue weighted by atomic mass is 9.88. The summed E-state index contributed by atoms with van der Waals surface area (Å²) in [7, 11) is 0. The molecule has 0 N–H and O–H groups in total. The molecule has 0 aliphatic carbocycles. The molecule has 1 heteroatoms. The van der Waals surface area contributed by atoms with E-state index in [0.717, 1.165) is 6.42 Å². The molecule has 0 heterocycles. The monoisotopic (exact) mass is 254 g/mol. The van der Waals surface area contributed by atoms with Gasteiger partial charge in [0.05, 0.1) is 0 Å². The van der Waals surface area contributed by atoms with Crippen molar-refractivity contribution in [1.82, 2.24) is 0 Å². The number of hydrogen-bond acceptors (Lipinski definition) is 0. The van der Waals surface area contributed by atoms with Crippen LogP contribution in [-0.4, -0.2) is 0 Å². The predicted octanol–water partition coefficient (Wildman–Crippen LogP) is 4.87. The minimum atomic E-state index is 0.374. The van der Waals surface area contributed by atoms with E-state index in [1.165, 1.54) is 11.1 Å². The van der Waals surface area contributed by atoms with E-state index in [4.69, 9.17) is 0 Å². The summed E-state index contributed by atoms with van der Waals surface area (Å²) < 4.78 is 0. The second-order valence-corrected chi connectivity index (χ2v) is 6.25. The van der Waals surface area contributed by atoms with E-state index in [0.29, 0.717) is 10.2 Å². The normalized spacial score (nSPS) is 14.1. The Hall–Kier alpha value is -0.300. The second-order valence-electron chi connectivity index (χ2n) is 5.14. The molecule has 0 aliphatic rings. The zero-order chi connectivity index (χ0) is 10.8. The van der Waals surface area contributed by atoms with Gasteiger partial charge in [-0.2, -0.15) is 0 Å². The molecular weight excluding hydrogens is 236 g/mol. The van der Waals surface area contributed by atoms with E-state index >= 15 is 0 Å². The maximum atomic E-state index is 3.75. The number of aryl methyl sites for hydroxylation is 1. The summed E-state index contributed by atoms with van der Waals surface area (Å²) in [6.07, 6.45) is 1.16. The quantitative estimate of drug-likeness (QED) is 0.661. The number of rotatable bonds is 2. The van der Waals surface area contributed by atoms with Crippen molar-refractivity contribution in [2.45, 2.75) is 38.9 Å². The topological polar surface area (TPSA) is 0 Å². The van der Waals surface area contributed by atoms with Gasteiger partial charge >= 0.3 is 0 Å². The maximum Gasteiger partial charge on any atom is 0.0400 e. The Morgan fingerprint density at radius 3 is 2.07 bits per heavy atom. The average Bonchev–Trinajstić information content (AvgIpc) is 2.02. The summed E-state index contributed by atoms with van der Waals surface area (Å²) in [6, 6.07) is 8.76. The van der Waals surface area contributed by atoms with Crippen molar-refractivity contribution in [3.8, 4) is 0 Å². The summed E-state index contributed by atoms with van der Waals surface area (Å²) >= 11 is 3.75. The number of alkyl halides is 1. The van der Waals surface area contributed by atoms with Gasteiger partial charge in [-0.1, -0.05) is 66.5 Å².